The van der Waals surface area contributed by atoms with E-state index < -0.39 is 5.41 Å². The molecule has 0 N–H and O–H groups in total. The highest BCUT2D eigenvalue weighted by molar-refractivity contribution is 6.09. The minimum atomic E-state index is -0.563. The van der Waals surface area contributed by atoms with Gasteiger partial charge in [-0.3, -0.25) is 0 Å². The van der Waals surface area contributed by atoms with E-state index in [0.29, 0.717) is 0 Å². The summed E-state index contributed by atoms with van der Waals surface area (Å²) < 4.78 is 0. The third-order valence-electron chi connectivity index (χ3n) is 12.1. The third kappa shape index (κ3) is 5.39. The van der Waals surface area contributed by atoms with Gasteiger partial charge in [-0.25, -0.2) is 0 Å². The van der Waals surface area contributed by atoms with Gasteiger partial charge >= 0.3 is 0 Å². The highest BCUT2D eigenvalue weighted by Crippen LogP contribution is 2.59. The van der Waals surface area contributed by atoms with Crippen LogP contribution in [0, 0.1) is 0 Å². The number of anilines is 3. The molecule has 0 amide bonds. The van der Waals surface area contributed by atoms with Crippen LogP contribution in [0.5, 0.6) is 0 Å². The first-order chi connectivity index (χ1) is 28.8. The van der Waals surface area contributed by atoms with Gasteiger partial charge in [-0.05, 0) is 114 Å². The first kappa shape index (κ1) is 33.8. The Labute approximate surface area is 339 Å². The molecule has 10 aromatic rings. The number of hydrogen-bond acceptors (Lipinski definition) is 1. The van der Waals surface area contributed by atoms with Crippen LogP contribution in [0.15, 0.2) is 237 Å². The molecule has 11 rings (SSSR count). The molecule has 1 aliphatic rings. The minimum Gasteiger partial charge on any atom is -0.310 e. The van der Waals surface area contributed by atoms with Gasteiger partial charge in [0.05, 0.1) is 5.41 Å². The summed E-state index contributed by atoms with van der Waals surface area (Å²) in [5.74, 6) is 0. The van der Waals surface area contributed by atoms with Gasteiger partial charge in [-0.15, -0.1) is 0 Å². The van der Waals surface area contributed by atoms with E-state index in [2.05, 4.69) is 241 Å². The van der Waals surface area contributed by atoms with Gasteiger partial charge in [0.15, 0.2) is 0 Å². The Balaban J connectivity index is 1.19. The van der Waals surface area contributed by atoms with E-state index >= 15 is 0 Å². The average molecular weight is 738 g/mol. The summed E-state index contributed by atoms with van der Waals surface area (Å²) in [4.78, 5) is 2.43. The van der Waals surface area contributed by atoms with Crippen molar-refractivity contribution in [2.75, 3.05) is 4.90 Å². The van der Waals surface area contributed by atoms with Crippen LogP contribution >= 0.6 is 0 Å². The molecule has 1 heteroatoms. The highest BCUT2D eigenvalue weighted by atomic mass is 15.1. The summed E-state index contributed by atoms with van der Waals surface area (Å²) in [7, 11) is 0. The Kier molecular flexibility index (Phi) is 8.12. The van der Waals surface area contributed by atoms with E-state index in [4.69, 9.17) is 0 Å². The number of benzene rings is 10. The Morgan fingerprint density at radius 2 is 0.845 bits per heavy atom. The summed E-state index contributed by atoms with van der Waals surface area (Å²) in [6.45, 7) is 0. The van der Waals surface area contributed by atoms with Crippen LogP contribution in [-0.4, -0.2) is 0 Å². The fraction of sp³-hybridized carbons (Fsp3) is 0.0175. The first-order valence-electron chi connectivity index (χ1n) is 20.1. The molecule has 0 saturated carbocycles. The molecule has 0 aromatic heterocycles. The van der Waals surface area contributed by atoms with Gasteiger partial charge in [0.25, 0.3) is 0 Å². The van der Waals surface area contributed by atoms with Crippen molar-refractivity contribution in [3.05, 3.63) is 259 Å². The molecule has 1 nitrogen and oxygen atoms in total. The molecule has 0 spiro atoms. The van der Waals surface area contributed by atoms with E-state index in [1.807, 2.05) is 0 Å². The average Bonchev–Trinajstić information content (AvgIpc) is 3.61. The molecule has 0 fully saturated rings. The Morgan fingerprint density at radius 3 is 1.53 bits per heavy atom. The second-order valence-electron chi connectivity index (χ2n) is 15.2. The predicted molar refractivity (Wildman–Crippen MR) is 244 cm³/mol. The molecule has 0 bridgehead atoms. The number of hydrogen-bond donors (Lipinski definition) is 0. The van der Waals surface area contributed by atoms with Crippen LogP contribution in [0.25, 0.3) is 54.9 Å². The lowest BCUT2D eigenvalue weighted by molar-refractivity contribution is 0.769. The molecule has 0 saturated heterocycles. The number of rotatable bonds is 7. The lowest BCUT2D eigenvalue weighted by atomic mass is 9.67. The molecular weight excluding hydrogens is 699 g/mol. The Bertz CT molecular complexity index is 3040. The monoisotopic (exact) mass is 737 g/mol. The SMILES string of the molecule is c1ccc(-c2ccc(N(c3ccc4c(c3)C(c3ccccc3)(c3ccccc3)c3ccc5c(-c6ccccc6)cccc5c3-4)c3ccc4ccccc4c3)cc2)cc1. The standard InChI is InChI=1S/C57H39N/c1-5-16-40(17-6-1)42-28-31-47(32-29-42)58(48-33-30-41-18-13-14-21-44(41)38-48)49-34-35-53-55(39-49)57(45-22-9-3-10-23-45,46-24-11-4-12-25-46)54-37-36-51-50(43-19-7-2-8-20-43)26-15-27-52(51)56(53)54/h1-39H. The van der Waals surface area contributed by atoms with E-state index in [0.717, 1.165) is 17.1 Å². The maximum Gasteiger partial charge on any atom is 0.0714 e. The van der Waals surface area contributed by atoms with Crippen molar-refractivity contribution in [3.8, 4) is 33.4 Å². The van der Waals surface area contributed by atoms with E-state index in [1.54, 1.807) is 0 Å². The summed E-state index contributed by atoms with van der Waals surface area (Å²) in [5, 5.41) is 4.97. The largest absolute Gasteiger partial charge is 0.310 e. The molecule has 0 heterocycles. The lowest BCUT2D eigenvalue weighted by Gasteiger charge is -2.35. The van der Waals surface area contributed by atoms with Crippen molar-refractivity contribution in [3.63, 3.8) is 0 Å². The van der Waals surface area contributed by atoms with Crippen LogP contribution in [0.1, 0.15) is 22.3 Å². The van der Waals surface area contributed by atoms with Crippen LogP contribution in [0.2, 0.25) is 0 Å². The molecule has 58 heavy (non-hydrogen) atoms. The molecular formula is C57H39N. The maximum absolute atomic E-state index is 2.47. The van der Waals surface area contributed by atoms with Crippen LogP contribution in [0.4, 0.5) is 17.1 Å². The topological polar surface area (TPSA) is 3.24 Å². The van der Waals surface area contributed by atoms with E-state index in [1.165, 1.54) is 77.2 Å². The second kappa shape index (κ2) is 13.9. The van der Waals surface area contributed by atoms with Gasteiger partial charge in [-0.2, -0.15) is 0 Å². The van der Waals surface area contributed by atoms with Crippen molar-refractivity contribution in [2.24, 2.45) is 0 Å². The van der Waals surface area contributed by atoms with Gasteiger partial charge in [0.1, 0.15) is 0 Å². The summed E-state index contributed by atoms with van der Waals surface area (Å²) in [6, 6.07) is 86.9. The van der Waals surface area contributed by atoms with Crippen molar-refractivity contribution in [2.45, 2.75) is 5.41 Å². The fourth-order valence-electron chi connectivity index (χ4n) is 9.54. The van der Waals surface area contributed by atoms with Gasteiger partial charge < -0.3 is 4.90 Å². The quantitative estimate of drug-likeness (QED) is 0.157. The highest BCUT2D eigenvalue weighted by Gasteiger charge is 2.47. The molecule has 0 radical (unpaired) electrons. The van der Waals surface area contributed by atoms with E-state index in [-0.39, 0.29) is 0 Å². The zero-order chi connectivity index (χ0) is 38.5. The summed E-state index contributed by atoms with van der Waals surface area (Å²) in [5.41, 5.74) is 15.3. The lowest BCUT2D eigenvalue weighted by Crippen LogP contribution is -2.28. The smallest absolute Gasteiger partial charge is 0.0714 e. The molecule has 0 aliphatic heterocycles. The van der Waals surface area contributed by atoms with Crippen LogP contribution < -0.4 is 4.90 Å². The van der Waals surface area contributed by atoms with Crippen molar-refractivity contribution < 1.29 is 0 Å². The Hall–Kier alpha value is -7.48. The Morgan fingerprint density at radius 1 is 0.293 bits per heavy atom. The zero-order valence-electron chi connectivity index (χ0n) is 32.0. The first-order valence-corrected chi connectivity index (χ1v) is 20.1. The maximum atomic E-state index is 2.47. The zero-order valence-corrected chi connectivity index (χ0v) is 32.0. The van der Waals surface area contributed by atoms with Crippen LogP contribution in [-0.2, 0) is 5.41 Å². The van der Waals surface area contributed by atoms with Crippen LogP contribution in [0.3, 0.4) is 0 Å². The third-order valence-corrected chi connectivity index (χ3v) is 12.1. The second-order valence-corrected chi connectivity index (χ2v) is 15.2. The number of nitrogens with zero attached hydrogens (tertiary/aromatic N) is 1. The van der Waals surface area contributed by atoms with Crippen molar-refractivity contribution in [1.29, 1.82) is 0 Å². The summed E-state index contributed by atoms with van der Waals surface area (Å²) in [6.07, 6.45) is 0. The van der Waals surface area contributed by atoms with Gasteiger partial charge in [-0.1, -0.05) is 200 Å². The normalized spacial score (nSPS) is 12.6. The van der Waals surface area contributed by atoms with Crippen molar-refractivity contribution in [1.82, 2.24) is 0 Å². The molecule has 10 aromatic carbocycles. The number of fused-ring (bicyclic) bond motifs is 6. The molecule has 0 atom stereocenters. The van der Waals surface area contributed by atoms with Gasteiger partial charge in [0, 0.05) is 17.1 Å². The summed E-state index contributed by atoms with van der Waals surface area (Å²) >= 11 is 0. The molecule has 272 valence electrons. The minimum absolute atomic E-state index is 0.563. The molecule has 1 aliphatic carbocycles. The predicted octanol–water partition coefficient (Wildman–Crippen LogP) is 15.2. The van der Waals surface area contributed by atoms with Gasteiger partial charge in [0.2, 0.25) is 0 Å². The van der Waals surface area contributed by atoms with E-state index in [9.17, 15) is 0 Å². The molecule has 0 unspecified atom stereocenters. The fourth-order valence-corrected chi connectivity index (χ4v) is 9.54. The van der Waals surface area contributed by atoms with Crippen molar-refractivity contribution >= 4 is 38.6 Å².